The molecule has 9 rings (SSSR count). The van der Waals surface area contributed by atoms with Gasteiger partial charge in [-0.3, -0.25) is 4.57 Å². The Morgan fingerprint density at radius 2 is 1.13 bits per heavy atom. The molecule has 0 saturated heterocycles. The minimum absolute atomic E-state index is 0.868. The van der Waals surface area contributed by atoms with E-state index in [-0.39, 0.29) is 0 Å². The number of rotatable bonds is 2. The second-order valence-electron chi connectivity index (χ2n) is 9.98. The smallest absolute Gasteiger partial charge is 0.160 e. The molecule has 0 N–H and O–H groups in total. The topological polar surface area (TPSA) is 35.9 Å². The summed E-state index contributed by atoms with van der Waals surface area (Å²) in [6, 6.07) is 42.4. The van der Waals surface area contributed by atoms with E-state index in [4.69, 9.17) is 9.40 Å². The van der Waals surface area contributed by atoms with Crippen LogP contribution in [-0.2, 0) is 0 Å². The minimum atomic E-state index is 0.868. The second-order valence-corrected chi connectivity index (χ2v) is 9.98. The summed E-state index contributed by atoms with van der Waals surface area (Å²) in [4.78, 5) is 4.80. The highest BCUT2D eigenvalue weighted by molar-refractivity contribution is 6.39. The third kappa shape index (κ3) is 2.65. The van der Waals surface area contributed by atoms with Gasteiger partial charge in [-0.25, -0.2) is 4.98 Å². The van der Waals surface area contributed by atoms with Gasteiger partial charge in [-0.15, -0.1) is 0 Å². The molecule has 4 aromatic heterocycles. The summed E-state index contributed by atoms with van der Waals surface area (Å²) in [6.45, 7) is 0. The molecule has 4 heteroatoms. The Hall–Kier alpha value is -5.35. The van der Waals surface area contributed by atoms with E-state index in [0.29, 0.717) is 0 Å². The van der Waals surface area contributed by atoms with Gasteiger partial charge >= 0.3 is 0 Å². The van der Waals surface area contributed by atoms with Crippen LogP contribution in [0, 0.1) is 0 Å². The van der Waals surface area contributed by atoms with Crippen molar-refractivity contribution in [2.75, 3.05) is 0 Å². The van der Waals surface area contributed by atoms with E-state index < -0.39 is 0 Å². The van der Waals surface area contributed by atoms with E-state index in [9.17, 15) is 0 Å². The molecule has 5 aromatic carbocycles. The van der Waals surface area contributed by atoms with Crippen molar-refractivity contribution in [2.24, 2.45) is 0 Å². The lowest BCUT2D eigenvalue weighted by molar-refractivity contribution is 0.671. The molecule has 0 bridgehead atoms. The van der Waals surface area contributed by atoms with Crippen LogP contribution in [0.1, 0.15) is 0 Å². The number of nitrogens with zero attached hydrogens (tertiary/aromatic N) is 3. The van der Waals surface area contributed by atoms with Gasteiger partial charge in [0, 0.05) is 44.2 Å². The molecule has 0 aliphatic heterocycles. The Kier molecular flexibility index (Phi) is 4.02. The maximum Gasteiger partial charge on any atom is 0.160 e. The molecular weight excluding hydrogens is 478 g/mol. The highest BCUT2D eigenvalue weighted by atomic mass is 16.3. The third-order valence-corrected chi connectivity index (χ3v) is 7.94. The lowest BCUT2D eigenvalue weighted by atomic mass is 10.0. The van der Waals surface area contributed by atoms with Crippen molar-refractivity contribution in [3.8, 4) is 11.5 Å². The molecule has 0 fully saturated rings. The summed E-state index contributed by atoms with van der Waals surface area (Å²) in [6.07, 6.45) is 1.85. The van der Waals surface area contributed by atoms with Crippen molar-refractivity contribution in [1.82, 2.24) is 14.1 Å². The molecule has 39 heavy (non-hydrogen) atoms. The molecule has 0 saturated carbocycles. The Labute approximate surface area is 222 Å². The van der Waals surface area contributed by atoms with Gasteiger partial charge in [0.2, 0.25) is 0 Å². The average molecular weight is 500 g/mol. The Morgan fingerprint density at radius 1 is 0.487 bits per heavy atom. The van der Waals surface area contributed by atoms with Crippen LogP contribution in [0.4, 0.5) is 0 Å². The molecular formula is C35H21N3O. The van der Waals surface area contributed by atoms with Crippen LogP contribution in [0.2, 0.25) is 0 Å². The van der Waals surface area contributed by atoms with Gasteiger partial charge in [0.1, 0.15) is 16.9 Å². The fraction of sp³-hybridized carbons (Fsp3) is 0. The summed E-state index contributed by atoms with van der Waals surface area (Å²) >= 11 is 0. The van der Waals surface area contributed by atoms with E-state index in [0.717, 1.165) is 49.9 Å². The molecule has 4 heterocycles. The quantitative estimate of drug-likeness (QED) is 0.238. The molecule has 0 amide bonds. The Balaban J connectivity index is 1.70. The van der Waals surface area contributed by atoms with Gasteiger partial charge in [-0.1, -0.05) is 78.9 Å². The minimum Gasteiger partial charge on any atom is -0.454 e. The van der Waals surface area contributed by atoms with Crippen molar-refractivity contribution in [2.45, 2.75) is 0 Å². The number of benzene rings is 5. The van der Waals surface area contributed by atoms with Crippen LogP contribution in [0.15, 0.2) is 132 Å². The van der Waals surface area contributed by atoms with Crippen LogP contribution in [-0.4, -0.2) is 14.1 Å². The third-order valence-electron chi connectivity index (χ3n) is 7.94. The number of fused-ring (bicyclic) bond motifs is 12. The zero-order valence-corrected chi connectivity index (χ0v) is 20.9. The van der Waals surface area contributed by atoms with E-state index in [1.807, 2.05) is 24.4 Å². The fourth-order valence-electron chi connectivity index (χ4n) is 6.45. The molecule has 4 nitrogen and oxygen atoms in total. The summed E-state index contributed by atoms with van der Waals surface area (Å²) in [5.74, 6) is 0.868. The Morgan fingerprint density at radius 3 is 1.90 bits per heavy atom. The van der Waals surface area contributed by atoms with Gasteiger partial charge < -0.3 is 8.98 Å². The Bertz CT molecular complexity index is 2370. The van der Waals surface area contributed by atoms with Crippen LogP contribution >= 0.6 is 0 Å². The highest BCUT2D eigenvalue weighted by Gasteiger charge is 2.27. The van der Waals surface area contributed by atoms with Gasteiger partial charge in [0.25, 0.3) is 0 Å². The van der Waals surface area contributed by atoms with E-state index >= 15 is 0 Å². The fourth-order valence-corrected chi connectivity index (χ4v) is 6.45. The molecule has 182 valence electrons. The second kappa shape index (κ2) is 7.59. The number of pyridine rings is 1. The van der Waals surface area contributed by atoms with Crippen molar-refractivity contribution in [3.05, 3.63) is 128 Å². The molecule has 0 aliphatic carbocycles. The standard InChI is InChI=1S/C35H21N3O/c1-2-12-22(13-3-1)37-26-17-7-4-14-23(26)30-31-25-16-6-9-19-28(25)39-35(31)34-32(33(30)37)24-15-5-8-18-27(24)38(34)29-20-10-11-21-36-29/h1-21H. The molecule has 0 unspecified atom stereocenters. The maximum atomic E-state index is 6.77. The SMILES string of the molecule is c1ccc(-n2c3ccccc3c3c4c5ccccc5oc4c4c(c5ccccc5n4-c4ccccn4)c32)cc1. The van der Waals surface area contributed by atoms with Crippen molar-refractivity contribution in [1.29, 1.82) is 0 Å². The lowest BCUT2D eigenvalue weighted by Gasteiger charge is -2.10. The normalized spacial score (nSPS) is 12.1. The number of hydrogen-bond acceptors (Lipinski definition) is 2. The van der Waals surface area contributed by atoms with Gasteiger partial charge in [0.15, 0.2) is 5.58 Å². The van der Waals surface area contributed by atoms with Gasteiger partial charge in [-0.05, 0) is 42.5 Å². The first-order chi connectivity index (χ1) is 19.4. The maximum absolute atomic E-state index is 6.77. The molecule has 0 aliphatic rings. The summed E-state index contributed by atoms with van der Waals surface area (Å²) in [5, 5.41) is 7.02. The zero-order valence-electron chi connectivity index (χ0n) is 20.9. The first-order valence-electron chi connectivity index (χ1n) is 13.2. The number of aromatic nitrogens is 3. The molecule has 0 spiro atoms. The first kappa shape index (κ1) is 20.7. The number of furan rings is 1. The van der Waals surface area contributed by atoms with Crippen LogP contribution < -0.4 is 0 Å². The van der Waals surface area contributed by atoms with Crippen LogP contribution in [0.5, 0.6) is 0 Å². The summed E-state index contributed by atoms with van der Waals surface area (Å²) in [5.41, 5.74) is 7.40. The summed E-state index contributed by atoms with van der Waals surface area (Å²) in [7, 11) is 0. The number of para-hydroxylation sites is 4. The largest absolute Gasteiger partial charge is 0.454 e. The molecule has 0 atom stereocenters. The highest BCUT2D eigenvalue weighted by Crippen LogP contribution is 2.49. The molecule has 0 radical (unpaired) electrons. The zero-order chi connectivity index (χ0) is 25.5. The van der Waals surface area contributed by atoms with E-state index in [1.165, 1.54) is 27.2 Å². The van der Waals surface area contributed by atoms with Gasteiger partial charge in [0.05, 0.1) is 16.6 Å². The summed E-state index contributed by atoms with van der Waals surface area (Å²) < 4.78 is 11.5. The predicted molar refractivity (Wildman–Crippen MR) is 160 cm³/mol. The van der Waals surface area contributed by atoms with Crippen molar-refractivity contribution >= 4 is 65.6 Å². The average Bonchev–Trinajstić information content (AvgIpc) is 3.66. The van der Waals surface area contributed by atoms with Crippen LogP contribution in [0.25, 0.3) is 77.1 Å². The van der Waals surface area contributed by atoms with E-state index in [2.05, 4.69) is 112 Å². The number of hydrogen-bond donors (Lipinski definition) is 0. The van der Waals surface area contributed by atoms with E-state index in [1.54, 1.807) is 0 Å². The van der Waals surface area contributed by atoms with Gasteiger partial charge in [-0.2, -0.15) is 0 Å². The van der Waals surface area contributed by atoms with Crippen molar-refractivity contribution in [3.63, 3.8) is 0 Å². The first-order valence-corrected chi connectivity index (χ1v) is 13.2. The lowest BCUT2D eigenvalue weighted by Crippen LogP contribution is -1.97. The molecule has 9 aromatic rings. The van der Waals surface area contributed by atoms with Crippen LogP contribution in [0.3, 0.4) is 0 Å². The predicted octanol–water partition coefficient (Wildman–Crippen LogP) is 9.18. The van der Waals surface area contributed by atoms with Crippen molar-refractivity contribution < 1.29 is 4.42 Å². The monoisotopic (exact) mass is 499 g/mol.